The summed E-state index contributed by atoms with van der Waals surface area (Å²) in [6.45, 7) is 4.57. The standard InChI is InChI=1S/C32H35FN6O5/c1-20(2)15-27-31(42)35-10-13-38-12-9-34-30(38)21-5-3-6-23(16-21)44-14-4-11-39(19-28(40)37-27)32(43)25-18-36-26-8-7-22(33)17-24(26)29(25)41/h3,5-9,12,16-18,20,27H,4,10-11,13-15,19H2,1-2H3,(H,35,42)(H,36,41)(H,37,40)/t27-/m1/s1. The summed E-state index contributed by atoms with van der Waals surface area (Å²) in [4.78, 5) is 62.0. The van der Waals surface area contributed by atoms with Crippen LogP contribution in [-0.4, -0.2) is 69.4 Å². The molecule has 1 atom stereocenters. The zero-order valence-corrected chi connectivity index (χ0v) is 24.6. The number of nitrogens with one attached hydrogen (secondary N) is 3. The zero-order valence-electron chi connectivity index (χ0n) is 24.6. The lowest BCUT2D eigenvalue weighted by Gasteiger charge is -2.25. The highest BCUT2D eigenvalue weighted by Crippen LogP contribution is 2.23. The number of rotatable bonds is 3. The number of pyridine rings is 1. The highest BCUT2D eigenvalue weighted by Gasteiger charge is 2.26. The minimum absolute atomic E-state index is 0.0270. The van der Waals surface area contributed by atoms with E-state index in [2.05, 4.69) is 20.6 Å². The maximum absolute atomic E-state index is 13.9. The van der Waals surface area contributed by atoms with Gasteiger partial charge in [0.1, 0.15) is 29.0 Å². The third-order valence-corrected chi connectivity index (χ3v) is 7.35. The Labute approximate surface area is 253 Å². The summed E-state index contributed by atoms with van der Waals surface area (Å²) in [5.74, 6) is -0.765. The number of fused-ring (bicyclic) bond motifs is 5. The number of ether oxygens (including phenoxy) is 1. The van der Waals surface area contributed by atoms with E-state index in [0.717, 1.165) is 17.5 Å². The molecule has 11 nitrogen and oxygen atoms in total. The average Bonchev–Trinajstić information content (AvgIpc) is 3.46. The van der Waals surface area contributed by atoms with Crippen LogP contribution in [0.5, 0.6) is 5.75 Å². The van der Waals surface area contributed by atoms with E-state index in [4.69, 9.17) is 4.74 Å². The van der Waals surface area contributed by atoms with Crippen molar-refractivity contribution in [2.24, 2.45) is 5.92 Å². The van der Waals surface area contributed by atoms with Crippen molar-refractivity contribution in [1.29, 1.82) is 0 Å². The Morgan fingerprint density at radius 2 is 1.98 bits per heavy atom. The van der Waals surface area contributed by atoms with E-state index in [-0.39, 0.29) is 35.9 Å². The Balaban J connectivity index is 1.44. The topological polar surface area (TPSA) is 138 Å². The smallest absolute Gasteiger partial charge is 0.259 e. The van der Waals surface area contributed by atoms with Crippen molar-refractivity contribution >= 4 is 28.6 Å². The SMILES string of the molecule is CC(C)C[C@H]1NC(=O)CN(C(=O)c2c[nH]c3ccc(F)cc3c2=O)CCCOc2cccc(c2)-c2nccn2CCNC1=O. The van der Waals surface area contributed by atoms with Gasteiger partial charge >= 0.3 is 0 Å². The fourth-order valence-electron chi connectivity index (χ4n) is 5.23. The molecule has 12 heteroatoms. The van der Waals surface area contributed by atoms with E-state index in [9.17, 15) is 23.6 Å². The van der Waals surface area contributed by atoms with Crippen LogP contribution in [0.2, 0.25) is 0 Å². The van der Waals surface area contributed by atoms with Crippen molar-refractivity contribution in [2.45, 2.75) is 39.3 Å². The van der Waals surface area contributed by atoms with Gasteiger partial charge in [-0.2, -0.15) is 0 Å². The molecule has 2 aromatic heterocycles. The average molecular weight is 603 g/mol. The largest absolute Gasteiger partial charge is 0.494 e. The molecule has 0 spiro atoms. The summed E-state index contributed by atoms with van der Waals surface area (Å²) in [5, 5.41) is 5.71. The first-order valence-corrected chi connectivity index (χ1v) is 14.6. The summed E-state index contributed by atoms with van der Waals surface area (Å²) in [6, 6.07) is 10.3. The molecule has 3 heterocycles. The molecule has 2 bridgehead atoms. The normalized spacial score (nSPS) is 16.8. The van der Waals surface area contributed by atoms with E-state index in [1.807, 2.05) is 48.9 Å². The Hall–Kier alpha value is -5.00. The maximum atomic E-state index is 13.9. The number of carbonyl (C=O) groups excluding carboxylic acids is 3. The zero-order chi connectivity index (χ0) is 31.2. The number of nitrogens with zero attached hydrogens (tertiary/aromatic N) is 3. The third-order valence-electron chi connectivity index (χ3n) is 7.35. The van der Waals surface area contributed by atoms with Crippen LogP contribution >= 0.6 is 0 Å². The molecular formula is C32H35FN6O5. The number of hydrogen-bond acceptors (Lipinski definition) is 6. The first kappa shape index (κ1) is 30.5. The van der Waals surface area contributed by atoms with Gasteiger partial charge in [-0.1, -0.05) is 26.0 Å². The molecule has 1 aliphatic heterocycles. The van der Waals surface area contributed by atoms with Gasteiger partial charge in [-0.15, -0.1) is 0 Å². The number of carbonyl (C=O) groups is 3. The predicted octanol–water partition coefficient (Wildman–Crippen LogP) is 3.10. The predicted molar refractivity (Wildman–Crippen MR) is 163 cm³/mol. The number of hydrogen-bond donors (Lipinski definition) is 3. The van der Waals surface area contributed by atoms with E-state index < -0.39 is 35.6 Å². The number of amides is 3. The van der Waals surface area contributed by atoms with E-state index in [0.29, 0.717) is 37.2 Å². The van der Waals surface area contributed by atoms with Gasteiger partial charge in [0.15, 0.2) is 0 Å². The molecule has 0 saturated carbocycles. The van der Waals surface area contributed by atoms with E-state index in [1.165, 1.54) is 23.2 Å². The first-order chi connectivity index (χ1) is 21.2. The van der Waals surface area contributed by atoms with E-state index >= 15 is 0 Å². The molecule has 44 heavy (non-hydrogen) atoms. The van der Waals surface area contributed by atoms with Crippen molar-refractivity contribution in [1.82, 2.24) is 30.1 Å². The minimum Gasteiger partial charge on any atom is -0.494 e. The van der Waals surface area contributed by atoms with Gasteiger partial charge in [0.05, 0.1) is 13.2 Å². The van der Waals surface area contributed by atoms with Gasteiger partial charge in [0.25, 0.3) is 5.91 Å². The van der Waals surface area contributed by atoms with E-state index in [1.54, 1.807) is 6.20 Å². The summed E-state index contributed by atoms with van der Waals surface area (Å²) in [7, 11) is 0. The van der Waals surface area contributed by atoms with Gasteiger partial charge < -0.3 is 29.8 Å². The second-order valence-corrected chi connectivity index (χ2v) is 11.2. The van der Waals surface area contributed by atoms with Crippen molar-refractivity contribution < 1.29 is 23.5 Å². The molecule has 0 unspecified atom stereocenters. The highest BCUT2D eigenvalue weighted by molar-refractivity contribution is 5.99. The van der Waals surface area contributed by atoms with Crippen LogP contribution < -0.4 is 20.8 Å². The van der Waals surface area contributed by atoms with Crippen molar-refractivity contribution in [3.8, 4) is 17.1 Å². The molecule has 230 valence electrons. The molecule has 0 fully saturated rings. The van der Waals surface area contributed by atoms with Gasteiger partial charge in [-0.05, 0) is 49.1 Å². The molecule has 0 radical (unpaired) electrons. The maximum Gasteiger partial charge on any atom is 0.259 e. The van der Waals surface area contributed by atoms with Gasteiger partial charge in [0, 0.05) is 54.7 Å². The lowest BCUT2D eigenvalue weighted by Crippen LogP contribution is -2.51. The summed E-state index contributed by atoms with van der Waals surface area (Å²) in [6.07, 6.45) is 5.53. The first-order valence-electron chi connectivity index (χ1n) is 14.6. The number of halogens is 1. The molecule has 0 aliphatic carbocycles. The van der Waals surface area contributed by atoms with Crippen molar-refractivity contribution in [2.75, 3.05) is 26.2 Å². The second-order valence-electron chi connectivity index (χ2n) is 11.2. The number of aromatic nitrogens is 3. The van der Waals surface area contributed by atoms with Crippen molar-refractivity contribution in [3.05, 3.63) is 82.7 Å². The number of aromatic amines is 1. The molecule has 2 aromatic carbocycles. The third kappa shape index (κ3) is 7.13. The summed E-state index contributed by atoms with van der Waals surface area (Å²) >= 11 is 0. The molecule has 0 saturated heterocycles. The lowest BCUT2D eigenvalue weighted by molar-refractivity contribution is -0.129. The van der Waals surface area contributed by atoms with Crippen LogP contribution in [0.1, 0.15) is 37.0 Å². The Kier molecular flexibility index (Phi) is 9.37. The van der Waals surface area contributed by atoms with Crippen LogP contribution in [0, 0.1) is 11.7 Å². The van der Waals surface area contributed by atoms with Gasteiger partial charge in [-0.25, -0.2) is 9.37 Å². The number of benzene rings is 2. The van der Waals surface area contributed by atoms with Crippen LogP contribution in [0.4, 0.5) is 4.39 Å². The molecule has 1 aliphatic rings. The summed E-state index contributed by atoms with van der Waals surface area (Å²) in [5.41, 5.74) is 0.352. The molecule has 3 N–H and O–H groups in total. The van der Waals surface area contributed by atoms with Crippen LogP contribution in [-0.2, 0) is 16.1 Å². The van der Waals surface area contributed by atoms with Crippen molar-refractivity contribution in [3.63, 3.8) is 0 Å². The van der Waals surface area contributed by atoms with Crippen LogP contribution in [0.15, 0.2) is 65.8 Å². The molecular weight excluding hydrogens is 567 g/mol. The fourth-order valence-corrected chi connectivity index (χ4v) is 5.23. The molecule has 4 aromatic rings. The quantitative estimate of drug-likeness (QED) is 0.330. The number of imidazole rings is 1. The number of H-pyrrole nitrogens is 1. The Bertz CT molecular complexity index is 1730. The van der Waals surface area contributed by atoms with Crippen LogP contribution in [0.25, 0.3) is 22.3 Å². The van der Waals surface area contributed by atoms with Gasteiger partial charge in [0.2, 0.25) is 17.2 Å². The molecule has 5 rings (SSSR count). The van der Waals surface area contributed by atoms with Gasteiger partial charge in [-0.3, -0.25) is 19.2 Å². The monoisotopic (exact) mass is 602 g/mol. The molecule has 3 amide bonds. The van der Waals surface area contributed by atoms with Crippen LogP contribution in [0.3, 0.4) is 0 Å². The summed E-state index contributed by atoms with van der Waals surface area (Å²) < 4.78 is 21.8. The second kappa shape index (κ2) is 13.5. The highest BCUT2D eigenvalue weighted by atomic mass is 19.1. The minimum atomic E-state index is -0.826. The Morgan fingerprint density at radius 3 is 2.80 bits per heavy atom. The fraction of sp³-hybridized carbons (Fsp3) is 0.344. The Morgan fingerprint density at radius 1 is 1.14 bits per heavy atom. The lowest BCUT2D eigenvalue weighted by atomic mass is 10.0.